The summed E-state index contributed by atoms with van der Waals surface area (Å²) in [6.07, 6.45) is -2.08. The minimum atomic E-state index is -3.35. The standard InChI is InChI=1S/C51H61F5N6O6S/c1-29-20-36-35-10-8-9-11-39(35)59-43(36)44(62(29)27-50(6,7)54)42-37(52)22-34(23-38(42)53)68-19-17-51(55,56)16-18-67-26-41(64)60-46(49(3,4)5)48(66)61-25-33(63)21-40(61)47(65)57-24-31-12-14-32(15-13-31)45-30(2)58-28-69-45/h8-15,22-23,28-29,33,40,44,46,59,63H,16-21,24-27H2,1-7H3,(H,57,65)(H,60,64)/t29-,33-,40+,44-,46-/m1/s1. The highest BCUT2D eigenvalue weighted by atomic mass is 32.1. The van der Waals surface area contributed by atoms with Crippen molar-refractivity contribution in [3.63, 3.8) is 0 Å². The summed E-state index contributed by atoms with van der Waals surface area (Å²) in [6.45, 7) is 9.95. The molecule has 7 rings (SSSR count). The first-order valence-corrected chi connectivity index (χ1v) is 24.0. The minimum Gasteiger partial charge on any atom is -0.493 e. The van der Waals surface area contributed by atoms with Crippen molar-refractivity contribution in [2.24, 2.45) is 5.41 Å². The van der Waals surface area contributed by atoms with Gasteiger partial charge in [0.1, 0.15) is 41.7 Å². The lowest BCUT2D eigenvalue weighted by molar-refractivity contribution is -0.144. The number of aliphatic hydroxyl groups is 1. The molecule has 2 aliphatic heterocycles. The van der Waals surface area contributed by atoms with Crippen molar-refractivity contribution in [2.45, 2.75) is 123 Å². The van der Waals surface area contributed by atoms with E-state index in [0.29, 0.717) is 12.1 Å². The summed E-state index contributed by atoms with van der Waals surface area (Å²) in [4.78, 5) is 52.1. The Morgan fingerprint density at radius 2 is 1.67 bits per heavy atom. The van der Waals surface area contributed by atoms with E-state index in [4.69, 9.17) is 9.47 Å². The number of hydrogen-bond donors (Lipinski definition) is 4. The van der Waals surface area contributed by atoms with Gasteiger partial charge in [-0.2, -0.15) is 0 Å². The molecule has 1 saturated heterocycles. The molecular formula is C51H61F5N6O6S. The third-order valence-corrected chi connectivity index (χ3v) is 13.7. The number of H-pyrrole nitrogens is 1. The highest BCUT2D eigenvalue weighted by molar-refractivity contribution is 7.13. The molecule has 2 aromatic heterocycles. The Labute approximate surface area is 403 Å². The number of hydrogen-bond acceptors (Lipinski definition) is 9. The lowest BCUT2D eigenvalue weighted by Crippen LogP contribution is -2.58. The Morgan fingerprint density at radius 1 is 0.986 bits per heavy atom. The van der Waals surface area contributed by atoms with E-state index < -0.39 is 103 Å². The van der Waals surface area contributed by atoms with Crippen LogP contribution in [0.15, 0.2) is 66.2 Å². The number of fused-ring (bicyclic) bond motifs is 3. The summed E-state index contributed by atoms with van der Waals surface area (Å²) in [5.41, 5.74) is 3.91. The molecule has 0 spiro atoms. The van der Waals surface area contributed by atoms with Gasteiger partial charge in [0, 0.05) is 79.2 Å². The molecule has 3 aromatic carbocycles. The maximum atomic E-state index is 16.1. The Bertz CT molecular complexity index is 2600. The summed E-state index contributed by atoms with van der Waals surface area (Å²) in [6, 6.07) is 13.6. The fourth-order valence-corrected chi connectivity index (χ4v) is 10.0. The van der Waals surface area contributed by atoms with Gasteiger partial charge in [0.15, 0.2) is 0 Å². The summed E-state index contributed by atoms with van der Waals surface area (Å²) in [5.74, 6) is -7.38. The number of halogens is 5. The van der Waals surface area contributed by atoms with Crippen LogP contribution in [0.1, 0.15) is 94.9 Å². The first kappa shape index (κ1) is 51.4. The van der Waals surface area contributed by atoms with Crippen molar-refractivity contribution in [1.29, 1.82) is 0 Å². The largest absolute Gasteiger partial charge is 0.493 e. The highest BCUT2D eigenvalue weighted by Gasteiger charge is 2.45. The van der Waals surface area contributed by atoms with Gasteiger partial charge in [-0.05, 0) is 62.3 Å². The molecule has 0 saturated carbocycles. The number of nitrogens with zero attached hydrogens (tertiary/aromatic N) is 3. The van der Waals surface area contributed by atoms with E-state index >= 15 is 22.0 Å². The van der Waals surface area contributed by atoms with Gasteiger partial charge in [0.2, 0.25) is 17.7 Å². The fourth-order valence-electron chi connectivity index (χ4n) is 9.22. The number of likely N-dealkylation sites (tertiary alicyclic amines) is 1. The zero-order valence-electron chi connectivity index (χ0n) is 39.9. The lowest BCUT2D eigenvalue weighted by atomic mass is 9.85. The van der Waals surface area contributed by atoms with Crippen LogP contribution in [0.5, 0.6) is 5.75 Å². The average molecular weight is 981 g/mol. The molecule has 2 aliphatic rings. The van der Waals surface area contributed by atoms with Crippen LogP contribution >= 0.6 is 11.3 Å². The van der Waals surface area contributed by atoms with Crippen molar-refractivity contribution in [3.05, 3.63) is 106 Å². The monoisotopic (exact) mass is 980 g/mol. The quantitative estimate of drug-likeness (QED) is 0.0505. The molecule has 18 heteroatoms. The Morgan fingerprint density at radius 3 is 2.32 bits per heavy atom. The van der Waals surface area contributed by atoms with E-state index in [0.717, 1.165) is 50.3 Å². The molecule has 12 nitrogen and oxygen atoms in total. The van der Waals surface area contributed by atoms with Gasteiger partial charge in [-0.1, -0.05) is 63.2 Å². The zero-order valence-corrected chi connectivity index (χ0v) is 40.8. The topological polar surface area (TPSA) is 149 Å². The first-order chi connectivity index (χ1) is 32.5. The van der Waals surface area contributed by atoms with Crippen molar-refractivity contribution in [1.82, 2.24) is 30.4 Å². The van der Waals surface area contributed by atoms with Gasteiger partial charge in [0.25, 0.3) is 5.92 Å². The summed E-state index contributed by atoms with van der Waals surface area (Å²) >= 11 is 1.53. The predicted octanol–water partition coefficient (Wildman–Crippen LogP) is 8.58. The molecule has 1 fully saturated rings. The molecular weight excluding hydrogens is 920 g/mol. The maximum Gasteiger partial charge on any atom is 0.253 e. The average Bonchev–Trinajstić information content (AvgIpc) is 3.99. The van der Waals surface area contributed by atoms with Crippen LogP contribution in [0.25, 0.3) is 21.3 Å². The van der Waals surface area contributed by atoms with Crippen LogP contribution in [0, 0.1) is 24.0 Å². The number of β-amino-alcohol motifs (C(OH)–C–C–N with tert-alkyl or cyclic N) is 1. The van der Waals surface area contributed by atoms with Gasteiger partial charge in [-0.15, -0.1) is 11.3 Å². The molecule has 0 aliphatic carbocycles. The second-order valence-electron chi connectivity index (χ2n) is 19.9. The number of ether oxygens (including phenoxy) is 2. The molecule has 4 heterocycles. The van der Waals surface area contributed by atoms with Crippen molar-refractivity contribution in [2.75, 3.05) is 32.9 Å². The second-order valence-corrected chi connectivity index (χ2v) is 20.8. The third kappa shape index (κ3) is 12.3. The molecule has 5 aromatic rings. The van der Waals surface area contributed by atoms with Gasteiger partial charge >= 0.3 is 0 Å². The van der Waals surface area contributed by atoms with E-state index in [1.807, 2.05) is 62.4 Å². The number of carbonyl (C=O) groups excluding carboxylic acids is 3. The smallest absolute Gasteiger partial charge is 0.253 e. The van der Waals surface area contributed by atoms with E-state index in [2.05, 4.69) is 20.6 Å². The van der Waals surface area contributed by atoms with Crippen molar-refractivity contribution >= 4 is 40.0 Å². The first-order valence-electron chi connectivity index (χ1n) is 23.2. The number of thiazole rings is 1. The van der Waals surface area contributed by atoms with E-state index in [9.17, 15) is 19.5 Å². The minimum absolute atomic E-state index is 0.00159. The maximum absolute atomic E-state index is 16.1. The number of nitrogens with one attached hydrogen (secondary N) is 3. The number of aryl methyl sites for hydroxylation is 1. The molecule has 69 heavy (non-hydrogen) atoms. The number of aliphatic hydroxyl groups excluding tert-OH is 1. The Hall–Kier alpha value is -5.43. The van der Waals surface area contributed by atoms with E-state index in [-0.39, 0.29) is 43.4 Å². The molecule has 0 unspecified atom stereocenters. The van der Waals surface area contributed by atoms with Crippen LogP contribution in [-0.4, -0.2) is 111 Å². The highest BCUT2D eigenvalue weighted by Crippen LogP contribution is 2.44. The van der Waals surface area contributed by atoms with Crippen LogP contribution in [0.4, 0.5) is 22.0 Å². The normalized spacial score (nSPS) is 19.4. The van der Waals surface area contributed by atoms with Crippen LogP contribution in [-0.2, 0) is 32.1 Å². The van der Waals surface area contributed by atoms with E-state index in [1.54, 1.807) is 31.2 Å². The number of carbonyl (C=O) groups is 3. The number of alkyl halides is 3. The van der Waals surface area contributed by atoms with Gasteiger partial charge in [0.05, 0.1) is 41.4 Å². The molecule has 3 amide bonds. The second kappa shape index (κ2) is 20.9. The van der Waals surface area contributed by atoms with Crippen LogP contribution in [0.2, 0.25) is 0 Å². The van der Waals surface area contributed by atoms with Gasteiger partial charge in [-0.25, -0.2) is 26.9 Å². The molecule has 5 atom stereocenters. The Balaban J connectivity index is 0.896. The van der Waals surface area contributed by atoms with Crippen molar-refractivity contribution < 1.29 is 50.9 Å². The molecule has 4 N–H and O–H groups in total. The lowest BCUT2D eigenvalue weighted by Gasteiger charge is -2.43. The molecule has 372 valence electrons. The molecule has 0 bridgehead atoms. The van der Waals surface area contributed by atoms with Gasteiger partial charge in [-0.3, -0.25) is 19.3 Å². The number of aromatic nitrogens is 2. The fraction of sp³-hybridized carbons (Fsp3) is 0.490. The van der Waals surface area contributed by atoms with Gasteiger partial charge < -0.3 is 35.1 Å². The SMILES string of the molecule is Cc1ncsc1-c1ccc(CNC(=O)[C@@H]2C[C@@H](O)CN2C(=O)[C@@H](NC(=O)COCCC(F)(F)CCOc2cc(F)c([C@@H]3c4[nH]c5ccccc5c4C[C@@H](C)N3CC(C)(C)F)c(F)c2)C(C)(C)C)cc1. The number of benzene rings is 3. The molecule has 0 radical (unpaired) electrons. The predicted molar refractivity (Wildman–Crippen MR) is 254 cm³/mol. The van der Waals surface area contributed by atoms with Crippen LogP contribution < -0.4 is 15.4 Å². The number of rotatable bonds is 18. The summed E-state index contributed by atoms with van der Waals surface area (Å²) in [5, 5.41) is 17.0. The van der Waals surface area contributed by atoms with Crippen LogP contribution in [0.3, 0.4) is 0 Å². The number of aromatic amines is 1. The van der Waals surface area contributed by atoms with Crippen molar-refractivity contribution in [3.8, 4) is 16.2 Å². The third-order valence-electron chi connectivity index (χ3n) is 12.7. The number of amides is 3. The summed E-state index contributed by atoms with van der Waals surface area (Å²) < 4.78 is 88.1. The number of para-hydroxylation sites is 1. The van der Waals surface area contributed by atoms with E-state index in [1.165, 1.54) is 30.1 Å². The summed E-state index contributed by atoms with van der Waals surface area (Å²) in [7, 11) is 0. The Kier molecular flexibility index (Phi) is 15.6. The zero-order chi connectivity index (χ0) is 50.0.